The molecule has 7 nitrogen and oxygen atoms in total. The second-order valence-electron chi connectivity index (χ2n) is 7.22. The van der Waals surface area contributed by atoms with Crippen molar-refractivity contribution in [1.29, 1.82) is 0 Å². The Kier molecular flexibility index (Phi) is 5.61. The predicted molar refractivity (Wildman–Crippen MR) is 114 cm³/mol. The molecule has 1 aliphatic rings. The Hall–Kier alpha value is -3.48. The SMILES string of the molecule is CCOc1ccc(C(=O)NNC(=O)c2cccc3c4c([nH]c23)CCCC4)cc1OC. The molecule has 1 heterocycles. The fourth-order valence-corrected chi connectivity index (χ4v) is 3.96. The molecule has 0 spiro atoms. The van der Waals surface area contributed by atoms with Gasteiger partial charge in [0, 0.05) is 16.6 Å². The number of ether oxygens (including phenoxy) is 2. The molecule has 0 atom stereocenters. The van der Waals surface area contributed by atoms with E-state index < -0.39 is 5.91 Å². The minimum atomic E-state index is -0.442. The van der Waals surface area contributed by atoms with Gasteiger partial charge in [-0.3, -0.25) is 20.4 Å². The van der Waals surface area contributed by atoms with Crippen LogP contribution in [0.2, 0.25) is 0 Å². The zero-order chi connectivity index (χ0) is 21.1. The number of para-hydroxylation sites is 1. The van der Waals surface area contributed by atoms with Gasteiger partial charge in [0.25, 0.3) is 11.8 Å². The largest absolute Gasteiger partial charge is 0.493 e. The molecule has 3 aromatic rings. The number of fused-ring (bicyclic) bond motifs is 3. The van der Waals surface area contributed by atoms with E-state index in [0.29, 0.717) is 29.2 Å². The Labute approximate surface area is 174 Å². The Morgan fingerprint density at radius 3 is 2.63 bits per heavy atom. The van der Waals surface area contributed by atoms with Crippen molar-refractivity contribution in [3.05, 3.63) is 58.8 Å². The van der Waals surface area contributed by atoms with Crippen LogP contribution in [-0.2, 0) is 12.8 Å². The Bertz CT molecular complexity index is 1100. The first kappa shape index (κ1) is 19.8. The average Bonchev–Trinajstić information content (AvgIpc) is 3.16. The number of carbonyl (C=O) groups excluding carboxylic acids is 2. The summed E-state index contributed by atoms with van der Waals surface area (Å²) in [7, 11) is 1.51. The van der Waals surface area contributed by atoms with Gasteiger partial charge in [0.1, 0.15) is 0 Å². The number of H-pyrrole nitrogens is 1. The predicted octanol–water partition coefficient (Wildman–Crippen LogP) is 3.53. The van der Waals surface area contributed by atoms with Crippen molar-refractivity contribution in [3.63, 3.8) is 0 Å². The minimum Gasteiger partial charge on any atom is -0.493 e. The van der Waals surface area contributed by atoms with Gasteiger partial charge in [-0.05, 0) is 62.4 Å². The number of hydrazine groups is 1. The van der Waals surface area contributed by atoms with Crippen LogP contribution in [0.5, 0.6) is 11.5 Å². The van der Waals surface area contributed by atoms with Gasteiger partial charge in [-0.1, -0.05) is 12.1 Å². The summed E-state index contributed by atoms with van der Waals surface area (Å²) in [6.45, 7) is 2.36. The first-order chi connectivity index (χ1) is 14.6. The second kappa shape index (κ2) is 8.49. The van der Waals surface area contributed by atoms with Crippen LogP contribution in [0.15, 0.2) is 36.4 Å². The smallest absolute Gasteiger partial charge is 0.271 e. The second-order valence-corrected chi connectivity index (χ2v) is 7.22. The van der Waals surface area contributed by atoms with Gasteiger partial charge in [-0.2, -0.15) is 0 Å². The van der Waals surface area contributed by atoms with Crippen molar-refractivity contribution in [1.82, 2.24) is 15.8 Å². The first-order valence-electron chi connectivity index (χ1n) is 10.2. The highest BCUT2D eigenvalue weighted by atomic mass is 16.5. The molecule has 156 valence electrons. The Morgan fingerprint density at radius 1 is 1.03 bits per heavy atom. The number of aryl methyl sites for hydroxylation is 2. The molecule has 1 aromatic heterocycles. The van der Waals surface area contributed by atoms with Crippen LogP contribution in [-0.4, -0.2) is 30.5 Å². The van der Waals surface area contributed by atoms with E-state index in [1.807, 2.05) is 19.1 Å². The van der Waals surface area contributed by atoms with E-state index in [1.54, 1.807) is 24.3 Å². The highest BCUT2D eigenvalue weighted by Gasteiger charge is 2.20. The molecule has 0 unspecified atom stereocenters. The number of carbonyl (C=O) groups is 2. The maximum absolute atomic E-state index is 12.8. The van der Waals surface area contributed by atoms with E-state index >= 15 is 0 Å². The maximum Gasteiger partial charge on any atom is 0.271 e. The number of methoxy groups -OCH3 is 1. The van der Waals surface area contributed by atoms with Crippen molar-refractivity contribution in [2.24, 2.45) is 0 Å². The summed E-state index contributed by atoms with van der Waals surface area (Å²) in [6, 6.07) is 10.5. The van der Waals surface area contributed by atoms with Crippen LogP contribution in [0, 0.1) is 0 Å². The van der Waals surface area contributed by atoms with Crippen molar-refractivity contribution in [3.8, 4) is 11.5 Å². The van der Waals surface area contributed by atoms with Gasteiger partial charge in [-0.15, -0.1) is 0 Å². The number of aromatic nitrogens is 1. The average molecular weight is 407 g/mol. The van der Waals surface area contributed by atoms with Crippen molar-refractivity contribution in [2.75, 3.05) is 13.7 Å². The lowest BCUT2D eigenvalue weighted by Crippen LogP contribution is -2.41. The lowest BCUT2D eigenvalue weighted by Gasteiger charge is -2.12. The normalized spacial score (nSPS) is 12.9. The van der Waals surface area contributed by atoms with Crippen molar-refractivity contribution >= 4 is 22.7 Å². The van der Waals surface area contributed by atoms with E-state index in [2.05, 4.69) is 15.8 Å². The standard InChI is InChI=1S/C23H25N3O4/c1-3-30-19-12-11-14(13-20(19)29-2)22(27)25-26-23(28)17-9-6-8-16-15-7-4-5-10-18(15)24-21(16)17/h6,8-9,11-13,24H,3-5,7,10H2,1-2H3,(H,25,27)(H,26,28). The third-order valence-electron chi connectivity index (χ3n) is 5.39. The van der Waals surface area contributed by atoms with Crippen LogP contribution in [0.4, 0.5) is 0 Å². The molecule has 0 radical (unpaired) electrons. The van der Waals surface area contributed by atoms with Gasteiger partial charge >= 0.3 is 0 Å². The summed E-state index contributed by atoms with van der Waals surface area (Å²) in [5.74, 6) is 0.202. The molecule has 2 amide bonds. The summed E-state index contributed by atoms with van der Waals surface area (Å²) >= 11 is 0. The zero-order valence-electron chi connectivity index (χ0n) is 17.1. The first-order valence-corrected chi connectivity index (χ1v) is 10.2. The molecule has 0 saturated carbocycles. The summed E-state index contributed by atoms with van der Waals surface area (Å²) < 4.78 is 10.7. The van der Waals surface area contributed by atoms with Gasteiger partial charge in [0.15, 0.2) is 11.5 Å². The van der Waals surface area contributed by atoms with Gasteiger partial charge < -0.3 is 14.5 Å². The molecular weight excluding hydrogens is 382 g/mol. The molecule has 0 saturated heterocycles. The Morgan fingerprint density at radius 2 is 1.83 bits per heavy atom. The van der Waals surface area contributed by atoms with Gasteiger partial charge in [-0.25, -0.2) is 0 Å². The summed E-state index contributed by atoms with van der Waals surface area (Å²) in [5, 5.41) is 1.08. The summed E-state index contributed by atoms with van der Waals surface area (Å²) in [5.41, 5.74) is 9.18. The Balaban J connectivity index is 1.50. The minimum absolute atomic E-state index is 0.351. The number of aromatic amines is 1. The topological polar surface area (TPSA) is 92.5 Å². The monoisotopic (exact) mass is 407 g/mol. The summed E-state index contributed by atoms with van der Waals surface area (Å²) in [4.78, 5) is 28.7. The summed E-state index contributed by atoms with van der Waals surface area (Å²) in [6.07, 6.45) is 4.35. The third kappa shape index (κ3) is 3.70. The zero-order valence-corrected chi connectivity index (χ0v) is 17.1. The van der Waals surface area contributed by atoms with Crippen LogP contribution in [0.25, 0.3) is 10.9 Å². The number of benzene rings is 2. The quantitative estimate of drug-likeness (QED) is 0.564. The van der Waals surface area contributed by atoms with Crippen molar-refractivity contribution < 1.29 is 19.1 Å². The lowest BCUT2D eigenvalue weighted by atomic mass is 9.95. The third-order valence-corrected chi connectivity index (χ3v) is 5.39. The van der Waals surface area contributed by atoms with Gasteiger partial charge in [0.05, 0.1) is 24.8 Å². The van der Waals surface area contributed by atoms with Crippen LogP contribution in [0.1, 0.15) is 51.7 Å². The fourth-order valence-electron chi connectivity index (χ4n) is 3.96. The molecule has 0 fully saturated rings. The van der Waals surface area contributed by atoms with E-state index in [4.69, 9.17) is 9.47 Å². The highest BCUT2D eigenvalue weighted by molar-refractivity contribution is 6.07. The molecule has 7 heteroatoms. The number of nitrogens with one attached hydrogen (secondary N) is 3. The van der Waals surface area contributed by atoms with Crippen LogP contribution < -0.4 is 20.3 Å². The molecule has 30 heavy (non-hydrogen) atoms. The van der Waals surface area contributed by atoms with E-state index in [1.165, 1.54) is 18.4 Å². The molecule has 3 N–H and O–H groups in total. The number of rotatable bonds is 5. The molecule has 1 aliphatic carbocycles. The fraction of sp³-hybridized carbons (Fsp3) is 0.304. The van der Waals surface area contributed by atoms with E-state index in [9.17, 15) is 9.59 Å². The van der Waals surface area contributed by atoms with Crippen LogP contribution >= 0.6 is 0 Å². The number of hydrogen-bond acceptors (Lipinski definition) is 4. The molecular formula is C23H25N3O4. The molecule has 0 bridgehead atoms. The van der Waals surface area contributed by atoms with Gasteiger partial charge in [0.2, 0.25) is 0 Å². The van der Waals surface area contributed by atoms with Crippen molar-refractivity contribution in [2.45, 2.75) is 32.6 Å². The lowest BCUT2D eigenvalue weighted by molar-refractivity contribution is 0.0847. The maximum atomic E-state index is 12.8. The van der Waals surface area contributed by atoms with E-state index in [0.717, 1.165) is 36.6 Å². The number of amides is 2. The molecule has 4 rings (SSSR count). The van der Waals surface area contributed by atoms with E-state index in [-0.39, 0.29) is 5.91 Å². The molecule has 2 aromatic carbocycles. The van der Waals surface area contributed by atoms with Crippen LogP contribution in [0.3, 0.4) is 0 Å². The molecule has 0 aliphatic heterocycles. The number of hydrogen-bond donors (Lipinski definition) is 3. The highest BCUT2D eigenvalue weighted by Crippen LogP contribution is 2.31.